The van der Waals surface area contributed by atoms with Gasteiger partial charge >= 0.3 is 0 Å². The lowest BCUT2D eigenvalue weighted by Gasteiger charge is -2.17. The normalized spacial score (nSPS) is 11.1. The van der Waals surface area contributed by atoms with Crippen molar-refractivity contribution in [3.8, 4) is 11.5 Å². The largest absolute Gasteiger partial charge is 0.493 e. The van der Waals surface area contributed by atoms with Gasteiger partial charge in [0.15, 0.2) is 11.5 Å². The molecule has 78 valence electrons. The molecule has 0 aromatic heterocycles. The van der Waals surface area contributed by atoms with E-state index in [1.165, 1.54) is 0 Å². The zero-order valence-corrected chi connectivity index (χ0v) is 10.3. The smallest absolute Gasteiger partial charge is 0.160 e. The molecule has 0 N–H and O–H groups in total. The van der Waals surface area contributed by atoms with Crippen molar-refractivity contribution in [3.05, 3.63) is 24.3 Å². The SMILES string of the molecule is COc1ccccc1OC[Si](C)(C)C. The van der Waals surface area contributed by atoms with Crippen molar-refractivity contribution in [2.75, 3.05) is 13.3 Å². The van der Waals surface area contributed by atoms with Gasteiger partial charge in [-0.25, -0.2) is 0 Å². The Kier molecular flexibility index (Phi) is 3.58. The molecule has 1 rings (SSSR count). The van der Waals surface area contributed by atoms with E-state index in [0.29, 0.717) is 0 Å². The van der Waals surface area contributed by atoms with Gasteiger partial charge in [-0.15, -0.1) is 0 Å². The summed E-state index contributed by atoms with van der Waals surface area (Å²) in [4.78, 5) is 0. The molecule has 0 bridgehead atoms. The molecule has 0 amide bonds. The fraction of sp³-hybridized carbons (Fsp3) is 0.455. The third-order valence-electron chi connectivity index (χ3n) is 1.73. The van der Waals surface area contributed by atoms with E-state index in [2.05, 4.69) is 19.6 Å². The zero-order valence-electron chi connectivity index (χ0n) is 9.33. The van der Waals surface area contributed by atoms with Crippen LogP contribution in [0.25, 0.3) is 0 Å². The monoisotopic (exact) mass is 210 g/mol. The number of ether oxygens (including phenoxy) is 2. The molecular formula is C11H18O2Si. The van der Waals surface area contributed by atoms with Gasteiger partial charge in [0.1, 0.15) is 0 Å². The maximum atomic E-state index is 5.73. The van der Waals surface area contributed by atoms with Crippen LogP contribution in [-0.2, 0) is 0 Å². The minimum atomic E-state index is -1.15. The van der Waals surface area contributed by atoms with Crippen molar-refractivity contribution in [2.45, 2.75) is 19.6 Å². The third kappa shape index (κ3) is 3.42. The van der Waals surface area contributed by atoms with Crippen LogP contribution in [0, 0.1) is 0 Å². The van der Waals surface area contributed by atoms with Crippen molar-refractivity contribution in [1.29, 1.82) is 0 Å². The molecule has 0 fully saturated rings. The lowest BCUT2D eigenvalue weighted by molar-refractivity contribution is 0.336. The second-order valence-corrected chi connectivity index (χ2v) is 9.91. The van der Waals surface area contributed by atoms with Gasteiger partial charge in [-0.05, 0) is 12.1 Å². The molecule has 3 heteroatoms. The molecule has 0 atom stereocenters. The Bertz CT molecular complexity index is 292. The lowest BCUT2D eigenvalue weighted by Crippen LogP contribution is -2.30. The van der Waals surface area contributed by atoms with Gasteiger partial charge in [0.05, 0.1) is 21.4 Å². The van der Waals surface area contributed by atoms with Crippen molar-refractivity contribution < 1.29 is 9.47 Å². The van der Waals surface area contributed by atoms with E-state index in [1.807, 2.05) is 24.3 Å². The Morgan fingerprint density at radius 1 is 1.07 bits per heavy atom. The van der Waals surface area contributed by atoms with E-state index in [9.17, 15) is 0 Å². The minimum Gasteiger partial charge on any atom is -0.493 e. The molecule has 0 heterocycles. The highest BCUT2D eigenvalue weighted by molar-refractivity contribution is 6.76. The Morgan fingerprint density at radius 2 is 1.64 bits per heavy atom. The van der Waals surface area contributed by atoms with Gasteiger partial charge in [-0.3, -0.25) is 0 Å². The summed E-state index contributed by atoms with van der Waals surface area (Å²) in [6.07, 6.45) is 0.827. The second-order valence-electron chi connectivity index (χ2n) is 4.50. The van der Waals surface area contributed by atoms with Crippen LogP contribution in [0.3, 0.4) is 0 Å². The third-order valence-corrected chi connectivity index (χ3v) is 2.74. The Hall–Kier alpha value is -0.963. The molecule has 0 unspecified atom stereocenters. The summed E-state index contributed by atoms with van der Waals surface area (Å²) < 4.78 is 10.9. The molecule has 14 heavy (non-hydrogen) atoms. The highest BCUT2D eigenvalue weighted by Crippen LogP contribution is 2.26. The molecule has 0 aliphatic rings. The average molecular weight is 210 g/mol. The molecule has 0 saturated heterocycles. The molecule has 1 aromatic rings. The van der Waals surface area contributed by atoms with E-state index in [0.717, 1.165) is 17.7 Å². The molecular weight excluding hydrogens is 192 g/mol. The number of methoxy groups -OCH3 is 1. The predicted octanol–water partition coefficient (Wildman–Crippen LogP) is 2.95. The summed E-state index contributed by atoms with van der Waals surface area (Å²) in [7, 11) is 0.510. The van der Waals surface area contributed by atoms with Gasteiger partial charge < -0.3 is 9.47 Å². The molecule has 2 nitrogen and oxygen atoms in total. The molecule has 0 saturated carbocycles. The maximum absolute atomic E-state index is 5.73. The number of benzene rings is 1. The van der Waals surface area contributed by atoms with Gasteiger partial charge in [-0.1, -0.05) is 31.8 Å². The topological polar surface area (TPSA) is 18.5 Å². The Labute approximate surface area is 86.9 Å². The number of hydrogen-bond donors (Lipinski definition) is 0. The van der Waals surface area contributed by atoms with E-state index >= 15 is 0 Å². The van der Waals surface area contributed by atoms with E-state index in [4.69, 9.17) is 9.47 Å². The van der Waals surface area contributed by atoms with Gasteiger partial charge in [0.25, 0.3) is 0 Å². The van der Waals surface area contributed by atoms with Crippen LogP contribution in [0.15, 0.2) is 24.3 Å². The Balaban J connectivity index is 2.67. The van der Waals surface area contributed by atoms with Crippen LogP contribution in [0.1, 0.15) is 0 Å². The van der Waals surface area contributed by atoms with Crippen molar-refractivity contribution >= 4 is 8.07 Å². The molecule has 0 aliphatic heterocycles. The summed E-state index contributed by atoms with van der Waals surface area (Å²) >= 11 is 0. The van der Waals surface area contributed by atoms with Crippen LogP contribution >= 0.6 is 0 Å². The predicted molar refractivity (Wildman–Crippen MR) is 61.8 cm³/mol. The minimum absolute atomic E-state index is 0.811. The quantitative estimate of drug-likeness (QED) is 0.711. The van der Waals surface area contributed by atoms with Gasteiger partial charge in [-0.2, -0.15) is 0 Å². The molecule has 0 aliphatic carbocycles. The molecule has 0 spiro atoms. The van der Waals surface area contributed by atoms with Crippen LogP contribution < -0.4 is 9.47 Å². The summed E-state index contributed by atoms with van der Waals surface area (Å²) in [6.45, 7) is 6.84. The first-order valence-electron chi connectivity index (χ1n) is 4.79. The van der Waals surface area contributed by atoms with Gasteiger partial charge in [0.2, 0.25) is 0 Å². The number of hydrogen-bond acceptors (Lipinski definition) is 2. The summed E-state index contributed by atoms with van der Waals surface area (Å²) in [5, 5.41) is 0. The van der Waals surface area contributed by atoms with Crippen LogP contribution in [0.5, 0.6) is 11.5 Å². The fourth-order valence-electron chi connectivity index (χ4n) is 1.03. The first-order valence-corrected chi connectivity index (χ1v) is 8.49. The van der Waals surface area contributed by atoms with Gasteiger partial charge in [0, 0.05) is 0 Å². The highest BCUT2D eigenvalue weighted by Gasteiger charge is 2.15. The summed E-state index contributed by atoms with van der Waals surface area (Å²) in [5.41, 5.74) is 0. The standard InChI is InChI=1S/C11H18O2Si/c1-12-10-7-5-6-8-11(10)13-9-14(2,3)4/h5-8H,9H2,1-4H3. The summed E-state index contributed by atoms with van der Waals surface area (Å²) in [6, 6.07) is 7.76. The summed E-state index contributed by atoms with van der Waals surface area (Å²) in [5.74, 6) is 1.66. The number of rotatable bonds is 4. The highest BCUT2D eigenvalue weighted by atomic mass is 28.3. The van der Waals surface area contributed by atoms with E-state index < -0.39 is 8.07 Å². The van der Waals surface area contributed by atoms with Crippen molar-refractivity contribution in [2.24, 2.45) is 0 Å². The van der Waals surface area contributed by atoms with Crippen LogP contribution in [0.2, 0.25) is 19.6 Å². The zero-order chi connectivity index (χ0) is 10.6. The average Bonchev–Trinajstić information content (AvgIpc) is 2.14. The van der Waals surface area contributed by atoms with Crippen LogP contribution in [0.4, 0.5) is 0 Å². The van der Waals surface area contributed by atoms with Crippen molar-refractivity contribution in [3.63, 3.8) is 0 Å². The Morgan fingerprint density at radius 3 is 2.14 bits per heavy atom. The van der Waals surface area contributed by atoms with Crippen molar-refractivity contribution in [1.82, 2.24) is 0 Å². The number of para-hydroxylation sites is 2. The first-order chi connectivity index (χ1) is 6.53. The van der Waals surface area contributed by atoms with Crippen LogP contribution in [-0.4, -0.2) is 21.4 Å². The van der Waals surface area contributed by atoms with E-state index in [1.54, 1.807) is 7.11 Å². The first kappa shape index (κ1) is 11.1. The fourth-order valence-corrected chi connectivity index (χ4v) is 1.62. The molecule has 0 radical (unpaired) electrons. The molecule has 1 aromatic carbocycles. The second kappa shape index (κ2) is 4.51. The van der Waals surface area contributed by atoms with E-state index in [-0.39, 0.29) is 0 Å². The lowest BCUT2D eigenvalue weighted by atomic mass is 10.3. The maximum Gasteiger partial charge on any atom is 0.160 e.